The first-order valence-corrected chi connectivity index (χ1v) is 6.07. The second-order valence-corrected chi connectivity index (χ2v) is 5.53. The fraction of sp³-hybridized carbons (Fsp3) is 0.917. The predicted octanol–water partition coefficient (Wildman–Crippen LogP) is 1.44. The number of nitrogens with one attached hydrogen (secondary N) is 1. The summed E-state index contributed by atoms with van der Waals surface area (Å²) < 4.78 is 10.5. The van der Waals surface area contributed by atoms with E-state index in [-0.39, 0.29) is 6.61 Å². The van der Waals surface area contributed by atoms with Gasteiger partial charge in [-0.2, -0.15) is 0 Å². The molecule has 1 aliphatic heterocycles. The van der Waals surface area contributed by atoms with Gasteiger partial charge in [0.2, 0.25) is 0 Å². The summed E-state index contributed by atoms with van der Waals surface area (Å²) in [4.78, 5) is 11.7. The molecule has 1 atom stereocenters. The molecule has 0 bridgehead atoms. The standard InChI is InChI=1S/C12H23NO4/c1-11(2,3)17-10(15)13-12(9-14)5-4-7-16-8-6-12/h14H,4-9H2,1-3H3,(H,13,15). The summed E-state index contributed by atoms with van der Waals surface area (Å²) in [6, 6.07) is 0. The van der Waals surface area contributed by atoms with E-state index in [1.807, 2.05) is 20.8 Å². The molecule has 1 unspecified atom stereocenters. The van der Waals surface area contributed by atoms with Gasteiger partial charge in [0.25, 0.3) is 0 Å². The Bertz CT molecular complexity index is 252. The van der Waals surface area contributed by atoms with Gasteiger partial charge in [0, 0.05) is 13.2 Å². The van der Waals surface area contributed by atoms with Crippen LogP contribution in [-0.4, -0.2) is 42.2 Å². The van der Waals surface area contributed by atoms with E-state index in [1.165, 1.54) is 0 Å². The number of aliphatic hydroxyl groups is 1. The number of hydrogen-bond acceptors (Lipinski definition) is 4. The number of aliphatic hydroxyl groups excluding tert-OH is 1. The van der Waals surface area contributed by atoms with E-state index in [4.69, 9.17) is 9.47 Å². The van der Waals surface area contributed by atoms with Crippen molar-refractivity contribution in [2.75, 3.05) is 19.8 Å². The van der Waals surface area contributed by atoms with Crippen molar-refractivity contribution in [2.24, 2.45) is 0 Å². The van der Waals surface area contributed by atoms with E-state index in [1.54, 1.807) is 0 Å². The monoisotopic (exact) mass is 245 g/mol. The molecular formula is C12H23NO4. The first-order chi connectivity index (χ1) is 7.87. The van der Waals surface area contributed by atoms with Crippen molar-refractivity contribution in [3.8, 4) is 0 Å². The number of ether oxygens (including phenoxy) is 2. The van der Waals surface area contributed by atoms with Crippen LogP contribution in [0.1, 0.15) is 40.0 Å². The highest BCUT2D eigenvalue weighted by atomic mass is 16.6. The molecular weight excluding hydrogens is 222 g/mol. The maximum absolute atomic E-state index is 11.7. The van der Waals surface area contributed by atoms with Crippen molar-refractivity contribution in [2.45, 2.75) is 51.2 Å². The molecule has 0 saturated carbocycles. The lowest BCUT2D eigenvalue weighted by Gasteiger charge is -2.32. The molecule has 1 saturated heterocycles. The van der Waals surface area contributed by atoms with Gasteiger partial charge in [0.1, 0.15) is 5.60 Å². The van der Waals surface area contributed by atoms with E-state index >= 15 is 0 Å². The van der Waals surface area contributed by atoms with Crippen molar-refractivity contribution in [3.05, 3.63) is 0 Å². The maximum atomic E-state index is 11.7. The minimum atomic E-state index is -0.598. The van der Waals surface area contributed by atoms with Crippen molar-refractivity contribution in [3.63, 3.8) is 0 Å². The van der Waals surface area contributed by atoms with Crippen LogP contribution in [0.5, 0.6) is 0 Å². The topological polar surface area (TPSA) is 67.8 Å². The molecule has 1 fully saturated rings. The normalized spacial score (nSPS) is 26.1. The van der Waals surface area contributed by atoms with Crippen LogP contribution in [0, 0.1) is 0 Å². The average Bonchev–Trinajstić information content (AvgIpc) is 2.41. The summed E-state index contributed by atoms with van der Waals surface area (Å²) >= 11 is 0. The molecule has 1 heterocycles. The average molecular weight is 245 g/mol. The number of hydrogen-bond donors (Lipinski definition) is 2. The lowest BCUT2D eigenvalue weighted by molar-refractivity contribution is 0.0367. The van der Waals surface area contributed by atoms with Gasteiger partial charge in [-0.05, 0) is 40.0 Å². The van der Waals surface area contributed by atoms with Gasteiger partial charge in [0.05, 0.1) is 12.1 Å². The van der Waals surface area contributed by atoms with Crippen LogP contribution in [0.2, 0.25) is 0 Å². The summed E-state index contributed by atoms with van der Waals surface area (Å²) in [5, 5.41) is 12.3. The van der Waals surface area contributed by atoms with Gasteiger partial charge in [-0.25, -0.2) is 4.79 Å². The summed E-state index contributed by atoms with van der Waals surface area (Å²) in [7, 11) is 0. The Hall–Kier alpha value is -0.810. The Morgan fingerprint density at radius 2 is 2.12 bits per heavy atom. The Balaban J connectivity index is 2.58. The number of amides is 1. The zero-order chi connectivity index (χ0) is 12.9. The fourth-order valence-corrected chi connectivity index (χ4v) is 1.85. The van der Waals surface area contributed by atoms with Gasteiger partial charge < -0.3 is 19.9 Å². The minimum absolute atomic E-state index is 0.0877. The number of carbonyl (C=O) groups excluding carboxylic acids is 1. The van der Waals surface area contributed by atoms with Crippen LogP contribution in [0.3, 0.4) is 0 Å². The van der Waals surface area contributed by atoms with Crippen LogP contribution >= 0.6 is 0 Å². The zero-order valence-corrected chi connectivity index (χ0v) is 10.9. The van der Waals surface area contributed by atoms with Gasteiger partial charge in [0.15, 0.2) is 0 Å². The summed E-state index contributed by atoms with van der Waals surface area (Å²) in [5.74, 6) is 0. The molecule has 0 aromatic rings. The van der Waals surface area contributed by atoms with Gasteiger partial charge >= 0.3 is 6.09 Å². The second-order valence-electron chi connectivity index (χ2n) is 5.53. The van der Waals surface area contributed by atoms with Crippen molar-refractivity contribution in [1.29, 1.82) is 0 Å². The lowest BCUT2D eigenvalue weighted by atomic mass is 9.92. The van der Waals surface area contributed by atoms with Gasteiger partial charge in [-0.3, -0.25) is 0 Å². The van der Waals surface area contributed by atoms with Crippen LogP contribution in [-0.2, 0) is 9.47 Å². The molecule has 2 N–H and O–H groups in total. The minimum Gasteiger partial charge on any atom is -0.444 e. The van der Waals surface area contributed by atoms with Crippen LogP contribution in [0.15, 0.2) is 0 Å². The highest BCUT2D eigenvalue weighted by Crippen LogP contribution is 2.21. The molecule has 100 valence electrons. The Morgan fingerprint density at radius 3 is 2.71 bits per heavy atom. The third kappa shape index (κ3) is 4.91. The van der Waals surface area contributed by atoms with Gasteiger partial charge in [-0.15, -0.1) is 0 Å². The number of rotatable bonds is 2. The van der Waals surface area contributed by atoms with Crippen LogP contribution in [0.4, 0.5) is 4.79 Å². The largest absolute Gasteiger partial charge is 0.444 e. The molecule has 5 nitrogen and oxygen atoms in total. The second kappa shape index (κ2) is 5.69. The third-order valence-electron chi connectivity index (χ3n) is 2.74. The number of alkyl carbamates (subject to hydrolysis) is 1. The predicted molar refractivity (Wildman–Crippen MR) is 63.9 cm³/mol. The Labute approximate surface area is 102 Å². The molecule has 0 spiro atoms. The smallest absolute Gasteiger partial charge is 0.408 e. The third-order valence-corrected chi connectivity index (χ3v) is 2.74. The Kier molecular flexibility index (Phi) is 4.77. The van der Waals surface area contributed by atoms with Crippen LogP contribution in [0.25, 0.3) is 0 Å². The molecule has 17 heavy (non-hydrogen) atoms. The van der Waals surface area contributed by atoms with E-state index in [0.717, 1.165) is 6.42 Å². The molecule has 5 heteroatoms. The first kappa shape index (κ1) is 14.3. The van der Waals surface area contributed by atoms with E-state index < -0.39 is 17.2 Å². The molecule has 1 aliphatic rings. The van der Waals surface area contributed by atoms with E-state index in [9.17, 15) is 9.90 Å². The zero-order valence-electron chi connectivity index (χ0n) is 10.9. The SMILES string of the molecule is CC(C)(C)OC(=O)NC1(CO)CCCOCC1. The molecule has 0 aromatic carbocycles. The maximum Gasteiger partial charge on any atom is 0.408 e. The summed E-state index contributed by atoms with van der Waals surface area (Å²) in [6.45, 7) is 6.58. The van der Waals surface area contributed by atoms with Crippen molar-refractivity contribution < 1.29 is 19.4 Å². The van der Waals surface area contributed by atoms with Crippen molar-refractivity contribution >= 4 is 6.09 Å². The molecule has 1 amide bonds. The van der Waals surface area contributed by atoms with E-state index in [0.29, 0.717) is 26.1 Å². The number of carbonyl (C=O) groups is 1. The van der Waals surface area contributed by atoms with E-state index in [2.05, 4.69) is 5.32 Å². The molecule has 0 radical (unpaired) electrons. The summed E-state index contributed by atoms with van der Waals surface area (Å²) in [5.41, 5.74) is -1.12. The molecule has 0 aliphatic carbocycles. The first-order valence-electron chi connectivity index (χ1n) is 6.07. The Morgan fingerprint density at radius 1 is 1.41 bits per heavy atom. The summed E-state index contributed by atoms with van der Waals surface area (Å²) in [6.07, 6.45) is 1.68. The highest BCUT2D eigenvalue weighted by molar-refractivity contribution is 5.68. The molecule has 1 rings (SSSR count). The fourth-order valence-electron chi connectivity index (χ4n) is 1.85. The van der Waals surface area contributed by atoms with Crippen molar-refractivity contribution in [1.82, 2.24) is 5.32 Å². The lowest BCUT2D eigenvalue weighted by Crippen LogP contribution is -2.52. The van der Waals surface area contributed by atoms with Crippen LogP contribution < -0.4 is 5.32 Å². The quantitative estimate of drug-likeness (QED) is 0.772. The highest BCUT2D eigenvalue weighted by Gasteiger charge is 2.33. The van der Waals surface area contributed by atoms with Gasteiger partial charge in [-0.1, -0.05) is 0 Å². The molecule has 0 aromatic heterocycles.